The summed E-state index contributed by atoms with van der Waals surface area (Å²) in [6.45, 7) is 0. The molecule has 0 saturated heterocycles. The zero-order chi connectivity index (χ0) is 14.7. The van der Waals surface area contributed by atoms with Crippen LogP contribution >= 0.6 is 27.5 Å². The minimum absolute atomic E-state index is 0.270. The highest BCUT2D eigenvalue weighted by Gasteiger charge is 2.35. The van der Waals surface area contributed by atoms with E-state index in [0.717, 1.165) is 12.8 Å². The van der Waals surface area contributed by atoms with Gasteiger partial charge in [0.15, 0.2) is 0 Å². The van der Waals surface area contributed by atoms with E-state index in [9.17, 15) is 14.7 Å². The normalized spacial score (nSPS) is 22.3. The Kier molecular flexibility index (Phi) is 4.99. The number of anilines is 1. The van der Waals surface area contributed by atoms with Gasteiger partial charge in [-0.05, 0) is 34.8 Å². The van der Waals surface area contributed by atoms with E-state index in [-0.39, 0.29) is 5.91 Å². The van der Waals surface area contributed by atoms with Crippen LogP contribution in [0.1, 0.15) is 25.7 Å². The van der Waals surface area contributed by atoms with Gasteiger partial charge in [-0.2, -0.15) is 0 Å². The van der Waals surface area contributed by atoms with Crippen molar-refractivity contribution in [3.8, 4) is 0 Å². The van der Waals surface area contributed by atoms with E-state index >= 15 is 0 Å². The maximum atomic E-state index is 12.2. The lowest BCUT2D eigenvalue weighted by Crippen LogP contribution is -2.36. The van der Waals surface area contributed by atoms with Gasteiger partial charge in [0.1, 0.15) is 5.15 Å². The van der Waals surface area contributed by atoms with E-state index in [2.05, 4.69) is 26.2 Å². The van der Waals surface area contributed by atoms with E-state index in [1.54, 1.807) is 6.07 Å². The lowest BCUT2D eigenvalue weighted by molar-refractivity contribution is -0.147. The smallest absolute Gasteiger partial charge is 0.307 e. The number of nitrogens with zero attached hydrogens (tertiary/aromatic N) is 1. The second-order valence-electron chi connectivity index (χ2n) is 4.82. The van der Waals surface area contributed by atoms with E-state index < -0.39 is 17.8 Å². The maximum Gasteiger partial charge on any atom is 0.307 e. The van der Waals surface area contributed by atoms with Crippen LogP contribution in [0.5, 0.6) is 0 Å². The summed E-state index contributed by atoms with van der Waals surface area (Å²) in [4.78, 5) is 27.3. The highest BCUT2D eigenvalue weighted by atomic mass is 79.9. The van der Waals surface area contributed by atoms with Crippen LogP contribution in [0.2, 0.25) is 5.15 Å². The Morgan fingerprint density at radius 3 is 2.60 bits per heavy atom. The van der Waals surface area contributed by atoms with Crippen molar-refractivity contribution in [2.24, 2.45) is 11.8 Å². The molecule has 108 valence electrons. The highest BCUT2D eigenvalue weighted by molar-refractivity contribution is 9.10. The number of carboxylic acids is 1. The summed E-state index contributed by atoms with van der Waals surface area (Å²) in [6.07, 6.45) is 4.34. The number of aromatic nitrogens is 1. The summed E-state index contributed by atoms with van der Waals surface area (Å²) >= 11 is 9.01. The van der Waals surface area contributed by atoms with E-state index in [1.165, 1.54) is 6.20 Å². The van der Waals surface area contributed by atoms with Gasteiger partial charge in [0.25, 0.3) is 0 Å². The summed E-state index contributed by atoms with van der Waals surface area (Å²) in [5.41, 5.74) is 0.501. The summed E-state index contributed by atoms with van der Waals surface area (Å²) < 4.78 is 0.579. The molecule has 1 saturated carbocycles. The number of carbonyl (C=O) groups is 2. The number of carbonyl (C=O) groups excluding carboxylic acids is 1. The third-order valence-electron chi connectivity index (χ3n) is 3.48. The minimum atomic E-state index is -0.903. The zero-order valence-corrected chi connectivity index (χ0v) is 12.9. The van der Waals surface area contributed by atoms with E-state index in [4.69, 9.17) is 11.6 Å². The van der Waals surface area contributed by atoms with Gasteiger partial charge in [-0.15, -0.1) is 0 Å². The monoisotopic (exact) mass is 360 g/mol. The third-order valence-corrected chi connectivity index (χ3v) is 4.62. The Hall–Kier alpha value is -1.14. The number of hydrogen-bond donors (Lipinski definition) is 2. The Labute approximate surface area is 129 Å². The lowest BCUT2D eigenvalue weighted by Gasteiger charge is -2.27. The van der Waals surface area contributed by atoms with Gasteiger partial charge in [0.05, 0.1) is 28.2 Å². The van der Waals surface area contributed by atoms with Gasteiger partial charge in [-0.1, -0.05) is 24.4 Å². The molecule has 20 heavy (non-hydrogen) atoms. The lowest BCUT2D eigenvalue weighted by atomic mass is 9.78. The van der Waals surface area contributed by atoms with Crippen molar-refractivity contribution >= 4 is 45.1 Å². The van der Waals surface area contributed by atoms with Gasteiger partial charge in [0, 0.05) is 0 Å². The van der Waals surface area contributed by atoms with Crippen LogP contribution in [0, 0.1) is 11.8 Å². The van der Waals surface area contributed by atoms with Crippen molar-refractivity contribution in [2.75, 3.05) is 5.32 Å². The first-order chi connectivity index (χ1) is 9.49. The molecule has 1 aliphatic carbocycles. The molecule has 1 fully saturated rings. The van der Waals surface area contributed by atoms with Gasteiger partial charge in [0.2, 0.25) is 5.91 Å². The fraction of sp³-hybridized carbons (Fsp3) is 0.462. The van der Waals surface area contributed by atoms with E-state index in [1.807, 2.05) is 0 Å². The van der Waals surface area contributed by atoms with Crippen LogP contribution in [0.4, 0.5) is 5.69 Å². The molecule has 1 amide bonds. The van der Waals surface area contributed by atoms with Crippen molar-refractivity contribution in [3.05, 3.63) is 21.9 Å². The summed E-state index contributed by atoms with van der Waals surface area (Å²) in [6, 6.07) is 1.64. The maximum absolute atomic E-state index is 12.2. The van der Waals surface area contributed by atoms with Gasteiger partial charge >= 0.3 is 5.97 Å². The number of halogens is 2. The van der Waals surface area contributed by atoms with Crippen molar-refractivity contribution in [1.29, 1.82) is 0 Å². The Bertz CT molecular complexity index is 538. The molecule has 0 radical (unpaired) electrons. The van der Waals surface area contributed by atoms with Crippen LogP contribution in [0.25, 0.3) is 0 Å². The number of amides is 1. The Balaban J connectivity index is 2.09. The predicted molar refractivity (Wildman–Crippen MR) is 78.7 cm³/mol. The third kappa shape index (κ3) is 3.49. The first-order valence-corrected chi connectivity index (χ1v) is 7.51. The van der Waals surface area contributed by atoms with Crippen LogP contribution in [-0.4, -0.2) is 22.0 Å². The van der Waals surface area contributed by atoms with Crippen LogP contribution in [0.15, 0.2) is 16.7 Å². The summed E-state index contributed by atoms with van der Waals surface area (Å²) in [5, 5.41) is 12.2. The number of rotatable bonds is 3. The average molecular weight is 362 g/mol. The van der Waals surface area contributed by atoms with Gasteiger partial charge < -0.3 is 10.4 Å². The number of aliphatic carboxylic acids is 1. The Morgan fingerprint density at radius 2 is 2.00 bits per heavy atom. The molecule has 1 aromatic heterocycles. The molecule has 1 aliphatic rings. The zero-order valence-electron chi connectivity index (χ0n) is 10.6. The van der Waals surface area contributed by atoms with Crippen LogP contribution in [0.3, 0.4) is 0 Å². The van der Waals surface area contributed by atoms with E-state index in [0.29, 0.717) is 28.2 Å². The van der Waals surface area contributed by atoms with Crippen molar-refractivity contribution in [3.63, 3.8) is 0 Å². The molecule has 5 nitrogen and oxygen atoms in total. The number of nitrogens with one attached hydrogen (secondary N) is 1. The number of carboxylic acid groups (broad SMARTS) is 1. The van der Waals surface area contributed by atoms with Crippen molar-refractivity contribution in [2.45, 2.75) is 25.7 Å². The second kappa shape index (κ2) is 6.54. The standard InChI is InChI=1S/C13H14BrClN2O3/c14-10-5-7(6-16-11(10)15)17-12(18)8-3-1-2-4-9(8)13(19)20/h5-6,8-9H,1-4H2,(H,17,18)(H,19,20)/t8-,9+/m1/s1. The Morgan fingerprint density at radius 1 is 1.35 bits per heavy atom. The van der Waals surface area contributed by atoms with Crippen LogP contribution < -0.4 is 5.32 Å². The molecule has 0 spiro atoms. The first-order valence-electron chi connectivity index (χ1n) is 6.33. The van der Waals surface area contributed by atoms with Crippen molar-refractivity contribution < 1.29 is 14.7 Å². The molecule has 0 bridgehead atoms. The molecular weight excluding hydrogens is 348 g/mol. The molecule has 2 atom stereocenters. The largest absolute Gasteiger partial charge is 0.481 e. The topological polar surface area (TPSA) is 79.3 Å². The van der Waals surface area contributed by atoms with Crippen LogP contribution in [-0.2, 0) is 9.59 Å². The minimum Gasteiger partial charge on any atom is -0.481 e. The SMILES string of the molecule is O=C(O)[C@H]1CCCC[C@H]1C(=O)Nc1cnc(Cl)c(Br)c1. The quantitative estimate of drug-likeness (QED) is 0.809. The number of hydrogen-bond acceptors (Lipinski definition) is 3. The molecule has 0 aliphatic heterocycles. The first kappa shape index (κ1) is 15.3. The second-order valence-corrected chi connectivity index (χ2v) is 6.03. The molecule has 0 unspecified atom stereocenters. The molecule has 0 aromatic carbocycles. The molecule has 7 heteroatoms. The molecular formula is C13H14BrClN2O3. The van der Waals surface area contributed by atoms with Gasteiger partial charge in [-0.3, -0.25) is 9.59 Å². The molecule has 2 N–H and O–H groups in total. The highest BCUT2D eigenvalue weighted by Crippen LogP contribution is 2.31. The fourth-order valence-corrected chi connectivity index (χ4v) is 2.92. The van der Waals surface area contributed by atoms with Gasteiger partial charge in [-0.25, -0.2) is 4.98 Å². The summed E-state index contributed by atoms with van der Waals surface area (Å²) in [5.74, 6) is -2.27. The summed E-state index contributed by atoms with van der Waals surface area (Å²) in [7, 11) is 0. The molecule has 1 aromatic rings. The fourth-order valence-electron chi connectivity index (χ4n) is 2.46. The molecule has 1 heterocycles. The molecule has 2 rings (SSSR count). The van der Waals surface area contributed by atoms with Crippen molar-refractivity contribution in [1.82, 2.24) is 4.98 Å². The average Bonchev–Trinajstić information content (AvgIpc) is 2.43. The number of pyridine rings is 1. The predicted octanol–water partition coefficient (Wildman–Crippen LogP) is 3.33.